The average molecular weight is 366 g/mol. The van der Waals surface area contributed by atoms with Gasteiger partial charge in [-0.05, 0) is 48.7 Å². The molecule has 1 aliphatic heterocycles. The minimum atomic E-state index is -0.464. The van der Waals surface area contributed by atoms with Crippen molar-refractivity contribution in [2.75, 3.05) is 6.54 Å². The highest BCUT2D eigenvalue weighted by molar-refractivity contribution is 5.85. The molecule has 1 fully saturated rings. The number of nitrogens with zero attached hydrogens (tertiary/aromatic N) is 2. The molecule has 7 nitrogen and oxygen atoms in total. The van der Waals surface area contributed by atoms with E-state index >= 15 is 0 Å². The van der Waals surface area contributed by atoms with Crippen LogP contribution in [0.4, 0.5) is 0 Å². The number of fused-ring (bicyclic) bond motifs is 1. The van der Waals surface area contributed by atoms with Gasteiger partial charge in [0.2, 0.25) is 5.56 Å². The van der Waals surface area contributed by atoms with Crippen molar-refractivity contribution >= 4 is 16.8 Å². The Morgan fingerprint density at radius 2 is 2.11 bits per heavy atom. The molecule has 4 rings (SSSR count). The van der Waals surface area contributed by atoms with Crippen molar-refractivity contribution in [1.29, 1.82) is 0 Å². The van der Waals surface area contributed by atoms with Gasteiger partial charge in [-0.25, -0.2) is 4.98 Å². The fourth-order valence-corrected chi connectivity index (χ4v) is 3.60. The van der Waals surface area contributed by atoms with Crippen molar-refractivity contribution in [3.8, 4) is 11.1 Å². The van der Waals surface area contributed by atoms with E-state index in [1.807, 2.05) is 22.8 Å². The molecule has 2 unspecified atom stereocenters. The maximum Gasteiger partial charge on any atom is 0.247 e. The van der Waals surface area contributed by atoms with Gasteiger partial charge in [-0.3, -0.25) is 9.59 Å². The van der Waals surface area contributed by atoms with Crippen LogP contribution in [0.3, 0.4) is 0 Å². The lowest BCUT2D eigenvalue weighted by atomic mass is 9.97. The van der Waals surface area contributed by atoms with Crippen molar-refractivity contribution in [2.24, 2.45) is 0 Å². The molecule has 1 aliphatic rings. The summed E-state index contributed by atoms with van der Waals surface area (Å²) in [7, 11) is 0. The number of nitrogens with one attached hydrogen (secondary N) is 2. The SMILES string of the molecule is O=C(CC1NCCCC1O)Cn1cnc2ccc(-c3ccc(=O)[nH]c3)cc21. The molecule has 1 saturated heterocycles. The molecule has 2 atom stereocenters. The van der Waals surface area contributed by atoms with E-state index in [4.69, 9.17) is 0 Å². The standard InChI is InChI=1S/C20H22N4O3/c25-15(9-17-19(26)2-1-7-21-17)11-24-12-23-16-5-3-13(8-18(16)24)14-4-6-20(27)22-10-14/h3-6,8,10,12,17,19,21,26H,1-2,7,9,11H2,(H,22,27). The minimum Gasteiger partial charge on any atom is -0.391 e. The topological polar surface area (TPSA) is 100 Å². The molecule has 1 aromatic carbocycles. The lowest BCUT2D eigenvalue weighted by molar-refractivity contribution is -0.121. The Kier molecular flexibility index (Phi) is 4.87. The van der Waals surface area contributed by atoms with E-state index in [1.54, 1.807) is 18.6 Å². The van der Waals surface area contributed by atoms with Gasteiger partial charge in [0.1, 0.15) is 0 Å². The molecule has 0 bridgehead atoms. The van der Waals surface area contributed by atoms with Crippen LogP contribution >= 0.6 is 0 Å². The van der Waals surface area contributed by atoms with Crippen molar-refractivity contribution in [3.05, 3.63) is 53.2 Å². The van der Waals surface area contributed by atoms with Gasteiger partial charge in [-0.1, -0.05) is 6.07 Å². The summed E-state index contributed by atoms with van der Waals surface area (Å²) in [5, 5.41) is 13.3. The van der Waals surface area contributed by atoms with Crippen LogP contribution in [-0.2, 0) is 11.3 Å². The minimum absolute atomic E-state index is 0.0576. The van der Waals surface area contributed by atoms with E-state index in [-0.39, 0.29) is 23.9 Å². The summed E-state index contributed by atoms with van der Waals surface area (Å²) >= 11 is 0. The van der Waals surface area contributed by atoms with Crippen LogP contribution in [0.5, 0.6) is 0 Å². The van der Waals surface area contributed by atoms with Crippen molar-refractivity contribution in [3.63, 3.8) is 0 Å². The van der Waals surface area contributed by atoms with Gasteiger partial charge in [-0.2, -0.15) is 0 Å². The van der Waals surface area contributed by atoms with Crippen LogP contribution in [0.2, 0.25) is 0 Å². The highest BCUT2D eigenvalue weighted by Crippen LogP contribution is 2.23. The summed E-state index contributed by atoms with van der Waals surface area (Å²) < 4.78 is 1.84. The number of Topliss-reactive ketones (excluding diaryl/α,β-unsaturated/α-hetero) is 1. The molecule has 0 spiro atoms. The molecule has 140 valence electrons. The van der Waals surface area contributed by atoms with E-state index in [0.29, 0.717) is 6.42 Å². The second-order valence-corrected chi connectivity index (χ2v) is 7.03. The monoisotopic (exact) mass is 366 g/mol. The normalized spacial score (nSPS) is 20.0. The zero-order valence-corrected chi connectivity index (χ0v) is 14.9. The Hall–Kier alpha value is -2.77. The first kappa shape index (κ1) is 17.6. The Bertz CT molecular complexity index is 1000. The number of carbonyl (C=O) groups is 1. The number of rotatable bonds is 5. The summed E-state index contributed by atoms with van der Waals surface area (Å²) in [5.41, 5.74) is 3.37. The van der Waals surface area contributed by atoms with E-state index in [9.17, 15) is 14.7 Å². The second-order valence-electron chi connectivity index (χ2n) is 7.03. The number of aromatic amines is 1. The highest BCUT2D eigenvalue weighted by atomic mass is 16.3. The van der Waals surface area contributed by atoms with E-state index < -0.39 is 6.10 Å². The first-order valence-corrected chi connectivity index (χ1v) is 9.17. The van der Waals surface area contributed by atoms with Crippen LogP contribution in [-0.4, -0.2) is 44.1 Å². The third kappa shape index (κ3) is 3.84. The number of carbonyl (C=O) groups excluding carboxylic acids is 1. The molecule has 3 N–H and O–H groups in total. The van der Waals surface area contributed by atoms with E-state index in [1.165, 1.54) is 6.07 Å². The maximum atomic E-state index is 12.5. The van der Waals surface area contributed by atoms with Crippen LogP contribution in [0, 0.1) is 0 Å². The number of aromatic nitrogens is 3. The zero-order valence-electron chi connectivity index (χ0n) is 14.9. The number of piperidine rings is 1. The van der Waals surface area contributed by atoms with Gasteiger partial charge < -0.3 is 20.0 Å². The molecule has 2 aromatic heterocycles. The Labute approximate surface area is 156 Å². The smallest absolute Gasteiger partial charge is 0.247 e. The molecule has 0 amide bonds. The highest BCUT2D eigenvalue weighted by Gasteiger charge is 2.25. The third-order valence-corrected chi connectivity index (χ3v) is 5.08. The lowest BCUT2D eigenvalue weighted by Crippen LogP contribution is -2.46. The third-order valence-electron chi connectivity index (χ3n) is 5.08. The van der Waals surface area contributed by atoms with E-state index in [2.05, 4.69) is 15.3 Å². The van der Waals surface area contributed by atoms with Crippen LogP contribution in [0.25, 0.3) is 22.2 Å². The molecule has 3 heterocycles. The van der Waals surface area contributed by atoms with E-state index in [0.717, 1.165) is 41.5 Å². The number of hydrogen-bond donors (Lipinski definition) is 3. The van der Waals surface area contributed by atoms with Gasteiger partial charge in [0.15, 0.2) is 5.78 Å². The van der Waals surface area contributed by atoms with Crippen LogP contribution in [0.15, 0.2) is 47.7 Å². The maximum absolute atomic E-state index is 12.5. The van der Waals surface area contributed by atoms with Gasteiger partial charge >= 0.3 is 0 Å². The van der Waals surface area contributed by atoms with Gasteiger partial charge in [-0.15, -0.1) is 0 Å². The molecule has 7 heteroatoms. The largest absolute Gasteiger partial charge is 0.391 e. The van der Waals surface area contributed by atoms with Crippen LogP contribution < -0.4 is 10.9 Å². The number of hydrogen-bond acceptors (Lipinski definition) is 5. The average Bonchev–Trinajstić information content (AvgIpc) is 3.06. The number of benzene rings is 1. The number of H-pyrrole nitrogens is 1. The Morgan fingerprint density at radius 3 is 2.89 bits per heavy atom. The number of aliphatic hydroxyl groups is 1. The first-order chi connectivity index (χ1) is 13.1. The number of imidazole rings is 1. The van der Waals surface area contributed by atoms with Crippen molar-refractivity contribution in [1.82, 2.24) is 19.9 Å². The molecule has 0 saturated carbocycles. The first-order valence-electron chi connectivity index (χ1n) is 9.17. The number of aliphatic hydroxyl groups excluding tert-OH is 1. The number of ketones is 1. The molecular weight excluding hydrogens is 344 g/mol. The predicted molar refractivity (Wildman–Crippen MR) is 102 cm³/mol. The quantitative estimate of drug-likeness (QED) is 0.635. The summed E-state index contributed by atoms with van der Waals surface area (Å²) in [6.45, 7) is 1.06. The zero-order chi connectivity index (χ0) is 18.8. The van der Waals surface area contributed by atoms with Crippen LogP contribution in [0.1, 0.15) is 19.3 Å². The fourth-order valence-electron chi connectivity index (χ4n) is 3.60. The molecule has 27 heavy (non-hydrogen) atoms. The Balaban J connectivity index is 1.55. The molecule has 0 radical (unpaired) electrons. The molecular formula is C20H22N4O3. The van der Waals surface area contributed by atoms with Crippen molar-refractivity contribution < 1.29 is 9.90 Å². The van der Waals surface area contributed by atoms with Gasteiger partial charge in [0, 0.05) is 24.7 Å². The summed E-state index contributed by atoms with van der Waals surface area (Å²) in [4.78, 5) is 30.8. The second kappa shape index (κ2) is 7.46. The van der Waals surface area contributed by atoms with Gasteiger partial charge in [0.25, 0.3) is 0 Å². The summed E-state index contributed by atoms with van der Waals surface area (Å²) in [6.07, 6.45) is 4.86. The summed E-state index contributed by atoms with van der Waals surface area (Å²) in [6, 6.07) is 8.90. The summed E-state index contributed by atoms with van der Waals surface area (Å²) in [5.74, 6) is 0.0576. The van der Waals surface area contributed by atoms with Crippen molar-refractivity contribution in [2.45, 2.75) is 38.0 Å². The molecule has 0 aliphatic carbocycles. The number of pyridine rings is 1. The van der Waals surface area contributed by atoms with Gasteiger partial charge in [0.05, 0.1) is 30.0 Å². The molecule has 3 aromatic rings. The predicted octanol–water partition coefficient (Wildman–Crippen LogP) is 1.46. The lowest BCUT2D eigenvalue weighted by Gasteiger charge is -2.28. The Morgan fingerprint density at radius 1 is 1.26 bits per heavy atom. The fraction of sp³-hybridized carbons (Fsp3) is 0.350.